The Morgan fingerprint density at radius 3 is 2.70 bits per heavy atom. The summed E-state index contributed by atoms with van der Waals surface area (Å²) >= 11 is 0. The van der Waals surface area contributed by atoms with Crippen LogP contribution in [0.1, 0.15) is 34.0 Å². The number of aromatic carboxylic acids is 1. The van der Waals surface area contributed by atoms with Crippen LogP contribution in [0.5, 0.6) is 0 Å². The molecule has 120 valence electrons. The Morgan fingerprint density at radius 1 is 1.26 bits per heavy atom. The van der Waals surface area contributed by atoms with Crippen molar-refractivity contribution in [3.8, 4) is 0 Å². The van der Waals surface area contributed by atoms with Crippen molar-refractivity contribution in [1.29, 1.82) is 0 Å². The van der Waals surface area contributed by atoms with Crippen molar-refractivity contribution in [2.45, 2.75) is 18.9 Å². The second-order valence-corrected chi connectivity index (χ2v) is 5.28. The molecule has 1 aliphatic heterocycles. The molecule has 1 amide bonds. The van der Waals surface area contributed by atoms with Crippen molar-refractivity contribution in [1.82, 2.24) is 15.3 Å². The molecule has 1 saturated heterocycles. The van der Waals surface area contributed by atoms with Crippen LogP contribution in [0.3, 0.4) is 0 Å². The summed E-state index contributed by atoms with van der Waals surface area (Å²) in [7, 11) is 0. The average molecular weight is 316 g/mol. The highest BCUT2D eigenvalue weighted by Gasteiger charge is 2.24. The van der Waals surface area contributed by atoms with Gasteiger partial charge in [-0.05, 0) is 31.0 Å². The number of piperidine rings is 1. The number of nitrogens with zero attached hydrogens (tertiary/aromatic N) is 3. The van der Waals surface area contributed by atoms with E-state index in [-0.39, 0.29) is 17.6 Å². The predicted molar refractivity (Wildman–Crippen MR) is 80.4 cm³/mol. The minimum Gasteiger partial charge on any atom is -0.475 e. The molecule has 3 rings (SSSR count). The van der Waals surface area contributed by atoms with E-state index in [0.29, 0.717) is 12.5 Å². The van der Waals surface area contributed by atoms with Crippen LogP contribution in [-0.2, 0) is 0 Å². The number of carboxylic acids is 1. The van der Waals surface area contributed by atoms with Gasteiger partial charge < -0.3 is 19.7 Å². The number of aromatic nitrogens is 2. The molecule has 0 bridgehead atoms. The fourth-order valence-electron chi connectivity index (χ4n) is 2.56. The highest BCUT2D eigenvalue weighted by Crippen LogP contribution is 2.16. The molecule has 0 aromatic carbocycles. The molecular formula is C15H16N4O4. The number of rotatable bonds is 4. The average Bonchev–Trinajstić information content (AvgIpc) is 3.06. The van der Waals surface area contributed by atoms with Crippen molar-refractivity contribution < 1.29 is 19.1 Å². The van der Waals surface area contributed by atoms with Crippen molar-refractivity contribution in [3.05, 3.63) is 42.1 Å². The zero-order valence-corrected chi connectivity index (χ0v) is 12.3. The first-order valence-electron chi connectivity index (χ1n) is 7.29. The smallest absolute Gasteiger partial charge is 0.371 e. The van der Waals surface area contributed by atoms with Gasteiger partial charge in [-0.15, -0.1) is 0 Å². The van der Waals surface area contributed by atoms with Crippen LogP contribution in [0.4, 0.5) is 5.95 Å². The minimum absolute atomic E-state index is 0.00418. The molecule has 8 nitrogen and oxygen atoms in total. The molecule has 2 aromatic heterocycles. The van der Waals surface area contributed by atoms with Gasteiger partial charge in [0.25, 0.3) is 5.91 Å². The summed E-state index contributed by atoms with van der Waals surface area (Å²) in [5.41, 5.74) is 0. The fourth-order valence-corrected chi connectivity index (χ4v) is 2.56. The quantitative estimate of drug-likeness (QED) is 0.871. The standard InChI is InChI=1S/C15H16N4O4/c20-13(11-4-5-12(23-11)14(21)22)18-10-3-1-8-19(9-10)15-16-6-2-7-17-15/h2,4-7,10H,1,3,8-9H2,(H,18,20)(H,21,22). The number of hydrogen-bond acceptors (Lipinski definition) is 6. The molecule has 0 spiro atoms. The molecule has 0 radical (unpaired) electrons. The topological polar surface area (TPSA) is 109 Å². The van der Waals surface area contributed by atoms with E-state index < -0.39 is 11.9 Å². The van der Waals surface area contributed by atoms with Crippen LogP contribution in [0.2, 0.25) is 0 Å². The second-order valence-electron chi connectivity index (χ2n) is 5.28. The Labute approximate surface area is 132 Å². The van der Waals surface area contributed by atoms with Gasteiger partial charge in [0.05, 0.1) is 0 Å². The van der Waals surface area contributed by atoms with E-state index in [1.807, 2.05) is 4.90 Å². The monoisotopic (exact) mass is 316 g/mol. The zero-order valence-electron chi connectivity index (χ0n) is 12.3. The lowest BCUT2D eigenvalue weighted by Gasteiger charge is -2.32. The van der Waals surface area contributed by atoms with Gasteiger partial charge in [-0.25, -0.2) is 14.8 Å². The van der Waals surface area contributed by atoms with E-state index in [2.05, 4.69) is 15.3 Å². The molecular weight excluding hydrogens is 300 g/mol. The Bertz CT molecular complexity index is 701. The van der Waals surface area contributed by atoms with Crippen molar-refractivity contribution in [3.63, 3.8) is 0 Å². The highest BCUT2D eigenvalue weighted by molar-refractivity contribution is 5.93. The van der Waals surface area contributed by atoms with Crippen LogP contribution in [0, 0.1) is 0 Å². The van der Waals surface area contributed by atoms with Crippen LogP contribution in [0.25, 0.3) is 0 Å². The third-order valence-electron chi connectivity index (χ3n) is 3.63. The molecule has 0 aliphatic carbocycles. The molecule has 2 aromatic rings. The first-order chi connectivity index (χ1) is 11.1. The summed E-state index contributed by atoms with van der Waals surface area (Å²) in [4.78, 5) is 33.4. The molecule has 1 fully saturated rings. The number of hydrogen-bond donors (Lipinski definition) is 2. The molecule has 3 heterocycles. The number of anilines is 1. The summed E-state index contributed by atoms with van der Waals surface area (Å²) in [5, 5.41) is 11.7. The van der Waals surface area contributed by atoms with Crippen LogP contribution in [-0.4, -0.2) is 46.1 Å². The predicted octanol–water partition coefficient (Wildman–Crippen LogP) is 1.17. The van der Waals surface area contributed by atoms with E-state index in [1.165, 1.54) is 12.1 Å². The molecule has 2 N–H and O–H groups in total. The number of furan rings is 1. The van der Waals surface area contributed by atoms with Gasteiger partial charge in [-0.1, -0.05) is 0 Å². The van der Waals surface area contributed by atoms with Gasteiger partial charge in [0, 0.05) is 31.5 Å². The van der Waals surface area contributed by atoms with Crippen molar-refractivity contribution >= 4 is 17.8 Å². The van der Waals surface area contributed by atoms with Crippen LogP contribution < -0.4 is 10.2 Å². The third kappa shape index (κ3) is 3.47. The first kappa shape index (κ1) is 15.0. The molecule has 1 aliphatic rings. The van der Waals surface area contributed by atoms with Crippen LogP contribution >= 0.6 is 0 Å². The van der Waals surface area contributed by atoms with E-state index in [9.17, 15) is 9.59 Å². The maximum absolute atomic E-state index is 12.1. The van der Waals surface area contributed by atoms with Gasteiger partial charge in [0.1, 0.15) is 0 Å². The largest absolute Gasteiger partial charge is 0.475 e. The number of carbonyl (C=O) groups is 2. The SMILES string of the molecule is O=C(O)c1ccc(C(=O)NC2CCCN(c3ncccn3)C2)o1. The highest BCUT2D eigenvalue weighted by atomic mass is 16.4. The normalized spacial score (nSPS) is 17.7. The van der Waals surface area contributed by atoms with E-state index >= 15 is 0 Å². The van der Waals surface area contributed by atoms with E-state index in [1.54, 1.807) is 18.5 Å². The molecule has 1 atom stereocenters. The van der Waals surface area contributed by atoms with Gasteiger partial charge in [0.2, 0.25) is 11.7 Å². The fraction of sp³-hybridized carbons (Fsp3) is 0.333. The van der Waals surface area contributed by atoms with Crippen LogP contribution in [0.15, 0.2) is 35.0 Å². The number of amides is 1. The van der Waals surface area contributed by atoms with Gasteiger partial charge in [-0.2, -0.15) is 0 Å². The lowest BCUT2D eigenvalue weighted by Crippen LogP contribution is -2.48. The summed E-state index contributed by atoms with van der Waals surface area (Å²) in [5.74, 6) is -1.24. The third-order valence-corrected chi connectivity index (χ3v) is 3.63. The number of carboxylic acid groups (broad SMARTS) is 1. The second kappa shape index (κ2) is 6.47. The van der Waals surface area contributed by atoms with E-state index in [0.717, 1.165) is 19.4 Å². The summed E-state index contributed by atoms with van der Waals surface area (Å²) < 4.78 is 5.01. The van der Waals surface area contributed by atoms with Gasteiger partial charge >= 0.3 is 5.97 Å². The Hall–Kier alpha value is -2.90. The van der Waals surface area contributed by atoms with Crippen molar-refractivity contribution in [2.24, 2.45) is 0 Å². The number of nitrogens with one attached hydrogen (secondary N) is 1. The lowest BCUT2D eigenvalue weighted by atomic mass is 10.1. The van der Waals surface area contributed by atoms with E-state index in [4.69, 9.17) is 9.52 Å². The Balaban J connectivity index is 1.63. The Morgan fingerprint density at radius 2 is 2.00 bits per heavy atom. The molecule has 8 heteroatoms. The molecule has 23 heavy (non-hydrogen) atoms. The molecule has 0 saturated carbocycles. The summed E-state index contributed by atoms with van der Waals surface area (Å²) in [6.45, 7) is 1.43. The van der Waals surface area contributed by atoms with Gasteiger partial charge in [0.15, 0.2) is 5.76 Å². The maximum Gasteiger partial charge on any atom is 0.371 e. The first-order valence-corrected chi connectivity index (χ1v) is 7.29. The summed E-state index contributed by atoms with van der Waals surface area (Å²) in [6, 6.07) is 4.31. The Kier molecular flexibility index (Phi) is 4.22. The minimum atomic E-state index is -1.20. The summed E-state index contributed by atoms with van der Waals surface area (Å²) in [6.07, 6.45) is 5.10. The lowest BCUT2D eigenvalue weighted by molar-refractivity contribution is 0.0659. The molecule has 1 unspecified atom stereocenters. The maximum atomic E-state index is 12.1. The number of carbonyl (C=O) groups excluding carboxylic acids is 1. The van der Waals surface area contributed by atoms with Gasteiger partial charge in [-0.3, -0.25) is 4.79 Å². The zero-order chi connectivity index (χ0) is 16.2. The van der Waals surface area contributed by atoms with Crippen molar-refractivity contribution in [2.75, 3.05) is 18.0 Å².